The molecule has 1 unspecified atom stereocenters. The topological polar surface area (TPSA) is 72.5 Å². The number of carboxylic acids is 1. The van der Waals surface area contributed by atoms with Crippen molar-refractivity contribution in [2.24, 2.45) is 5.73 Å². The average Bonchev–Trinajstić information content (AvgIpc) is 2.33. The quantitative estimate of drug-likeness (QED) is 0.894. The van der Waals surface area contributed by atoms with Gasteiger partial charge in [0.1, 0.15) is 11.8 Å². The summed E-state index contributed by atoms with van der Waals surface area (Å²) >= 11 is 3.53. The third-order valence-corrected chi connectivity index (χ3v) is 4.42. The Morgan fingerprint density at radius 1 is 1.33 bits per heavy atom. The summed E-state index contributed by atoms with van der Waals surface area (Å²) in [6.07, 6.45) is 0.254. The summed E-state index contributed by atoms with van der Waals surface area (Å²) in [5, 5.41) is 8.91. The van der Waals surface area contributed by atoms with Crippen LogP contribution in [-0.4, -0.2) is 24.2 Å². The first kappa shape index (κ1) is 15.0. The number of carbonyl (C=O) groups is 1. The second kappa shape index (κ2) is 5.71. The molecule has 0 aliphatic rings. The lowest BCUT2D eigenvalue weighted by molar-refractivity contribution is -0.138. The maximum absolute atomic E-state index is 10.9. The van der Waals surface area contributed by atoms with E-state index in [-0.39, 0.29) is 6.42 Å². The van der Waals surface area contributed by atoms with Gasteiger partial charge in [0.15, 0.2) is 0 Å². The highest BCUT2D eigenvalue weighted by Gasteiger charge is 2.21. The summed E-state index contributed by atoms with van der Waals surface area (Å²) in [6, 6.07) is -0.924. The molecule has 0 aliphatic heterocycles. The Balaban J connectivity index is 3.38. The molecule has 0 amide bonds. The van der Waals surface area contributed by atoms with Gasteiger partial charge in [-0.1, -0.05) is 15.9 Å². The van der Waals surface area contributed by atoms with Gasteiger partial charge in [0.05, 0.1) is 7.11 Å². The van der Waals surface area contributed by atoms with E-state index in [0.717, 1.165) is 32.5 Å². The first-order valence-electron chi connectivity index (χ1n) is 5.61. The van der Waals surface area contributed by atoms with Crippen molar-refractivity contribution in [3.63, 3.8) is 0 Å². The van der Waals surface area contributed by atoms with Crippen LogP contribution in [0.25, 0.3) is 0 Å². The molecule has 0 saturated carbocycles. The number of aliphatic carboxylic acids is 1. The largest absolute Gasteiger partial charge is 0.496 e. The van der Waals surface area contributed by atoms with Crippen LogP contribution < -0.4 is 10.5 Å². The monoisotopic (exact) mass is 315 g/mol. The third kappa shape index (κ3) is 2.67. The molecule has 1 aromatic carbocycles. The summed E-state index contributed by atoms with van der Waals surface area (Å²) in [7, 11) is 1.59. The van der Waals surface area contributed by atoms with Crippen molar-refractivity contribution >= 4 is 21.9 Å². The van der Waals surface area contributed by atoms with Crippen molar-refractivity contribution in [1.82, 2.24) is 0 Å². The molecule has 0 aliphatic carbocycles. The summed E-state index contributed by atoms with van der Waals surface area (Å²) < 4.78 is 6.38. The standard InChI is InChI=1S/C13H18BrNO3/c1-6-7(2)12(18-4)9(8(3)11(6)14)5-10(15)13(16)17/h10H,5,15H2,1-4H3,(H,16,17). The lowest BCUT2D eigenvalue weighted by atomic mass is 9.94. The second-order valence-electron chi connectivity index (χ2n) is 4.35. The summed E-state index contributed by atoms with van der Waals surface area (Å²) in [6.45, 7) is 5.88. The minimum Gasteiger partial charge on any atom is -0.496 e. The zero-order valence-electron chi connectivity index (χ0n) is 11.0. The fraction of sp³-hybridized carbons (Fsp3) is 0.462. The number of hydrogen-bond donors (Lipinski definition) is 2. The number of rotatable bonds is 4. The first-order chi connectivity index (χ1) is 8.31. The van der Waals surface area contributed by atoms with E-state index in [2.05, 4.69) is 15.9 Å². The fourth-order valence-electron chi connectivity index (χ4n) is 1.97. The average molecular weight is 316 g/mol. The molecule has 0 aromatic heterocycles. The summed E-state index contributed by atoms with van der Waals surface area (Å²) in [4.78, 5) is 10.9. The summed E-state index contributed by atoms with van der Waals surface area (Å²) in [5.74, 6) is -0.282. The van der Waals surface area contributed by atoms with Crippen LogP contribution in [0.4, 0.5) is 0 Å². The van der Waals surface area contributed by atoms with E-state index in [1.807, 2.05) is 20.8 Å². The third-order valence-electron chi connectivity index (χ3n) is 3.23. The van der Waals surface area contributed by atoms with Crippen molar-refractivity contribution in [2.75, 3.05) is 7.11 Å². The van der Waals surface area contributed by atoms with Crippen LogP contribution in [0.2, 0.25) is 0 Å². The molecule has 100 valence electrons. The van der Waals surface area contributed by atoms with Crippen LogP contribution in [0.15, 0.2) is 4.47 Å². The number of carboxylic acid groups (broad SMARTS) is 1. The van der Waals surface area contributed by atoms with E-state index in [0.29, 0.717) is 0 Å². The van der Waals surface area contributed by atoms with Crippen LogP contribution >= 0.6 is 15.9 Å². The van der Waals surface area contributed by atoms with Gasteiger partial charge < -0.3 is 15.6 Å². The molecule has 3 N–H and O–H groups in total. The molecule has 18 heavy (non-hydrogen) atoms. The van der Waals surface area contributed by atoms with Crippen LogP contribution in [0.3, 0.4) is 0 Å². The number of methoxy groups -OCH3 is 1. The highest BCUT2D eigenvalue weighted by atomic mass is 79.9. The van der Waals surface area contributed by atoms with E-state index < -0.39 is 12.0 Å². The highest BCUT2D eigenvalue weighted by Crippen LogP contribution is 2.36. The van der Waals surface area contributed by atoms with Gasteiger partial charge in [0.2, 0.25) is 0 Å². The van der Waals surface area contributed by atoms with Gasteiger partial charge in [-0.2, -0.15) is 0 Å². The maximum Gasteiger partial charge on any atom is 0.320 e. The molecule has 1 atom stereocenters. The van der Waals surface area contributed by atoms with Crippen LogP contribution in [0, 0.1) is 20.8 Å². The molecule has 4 nitrogen and oxygen atoms in total. The number of halogens is 1. The Morgan fingerprint density at radius 2 is 1.89 bits per heavy atom. The zero-order valence-corrected chi connectivity index (χ0v) is 12.6. The fourth-order valence-corrected chi connectivity index (χ4v) is 2.51. The molecule has 0 fully saturated rings. The number of hydrogen-bond acceptors (Lipinski definition) is 3. The van der Waals surface area contributed by atoms with Crippen LogP contribution in [0.1, 0.15) is 22.3 Å². The molecule has 1 aromatic rings. The van der Waals surface area contributed by atoms with Crippen molar-refractivity contribution in [1.29, 1.82) is 0 Å². The minimum absolute atomic E-state index is 0.254. The zero-order chi connectivity index (χ0) is 14.0. The van der Waals surface area contributed by atoms with Gasteiger partial charge >= 0.3 is 5.97 Å². The maximum atomic E-state index is 10.9. The Hall–Kier alpha value is -1.07. The van der Waals surface area contributed by atoms with Crippen molar-refractivity contribution in [2.45, 2.75) is 33.2 Å². The lowest BCUT2D eigenvalue weighted by Crippen LogP contribution is -2.32. The predicted molar refractivity (Wildman–Crippen MR) is 74.2 cm³/mol. The van der Waals surface area contributed by atoms with Gasteiger partial charge in [-0.3, -0.25) is 4.79 Å². The Labute approximate surface area is 115 Å². The Morgan fingerprint density at radius 3 is 2.33 bits per heavy atom. The lowest BCUT2D eigenvalue weighted by Gasteiger charge is -2.20. The molecule has 0 spiro atoms. The van der Waals surface area contributed by atoms with Crippen LogP contribution in [-0.2, 0) is 11.2 Å². The van der Waals surface area contributed by atoms with E-state index in [1.165, 1.54) is 0 Å². The normalized spacial score (nSPS) is 12.3. The Bertz CT molecular complexity index is 486. The smallest absolute Gasteiger partial charge is 0.320 e. The second-order valence-corrected chi connectivity index (χ2v) is 5.14. The molecule has 0 saturated heterocycles. The molecular weight excluding hydrogens is 298 g/mol. The SMILES string of the molecule is COc1c(C)c(C)c(Br)c(C)c1CC(N)C(=O)O. The van der Waals surface area contributed by atoms with E-state index in [1.54, 1.807) is 7.11 Å². The van der Waals surface area contributed by atoms with Crippen molar-refractivity contribution in [3.05, 3.63) is 26.7 Å². The van der Waals surface area contributed by atoms with Gasteiger partial charge in [0, 0.05) is 16.5 Å². The highest BCUT2D eigenvalue weighted by molar-refractivity contribution is 9.10. The first-order valence-corrected chi connectivity index (χ1v) is 6.41. The molecule has 5 heteroatoms. The minimum atomic E-state index is -1.01. The van der Waals surface area contributed by atoms with Crippen molar-refractivity contribution in [3.8, 4) is 5.75 Å². The van der Waals surface area contributed by atoms with Gasteiger partial charge in [-0.05, 0) is 37.5 Å². The molecule has 0 radical (unpaired) electrons. The van der Waals surface area contributed by atoms with E-state index in [4.69, 9.17) is 15.6 Å². The number of ether oxygens (including phenoxy) is 1. The summed E-state index contributed by atoms with van der Waals surface area (Å²) in [5.41, 5.74) is 9.53. The number of nitrogens with two attached hydrogens (primary N) is 1. The van der Waals surface area contributed by atoms with E-state index >= 15 is 0 Å². The molecule has 0 bridgehead atoms. The van der Waals surface area contributed by atoms with Gasteiger partial charge in [0.25, 0.3) is 0 Å². The van der Waals surface area contributed by atoms with Gasteiger partial charge in [-0.25, -0.2) is 0 Å². The van der Waals surface area contributed by atoms with Crippen molar-refractivity contribution < 1.29 is 14.6 Å². The predicted octanol–water partition coefficient (Wildman–Crippen LogP) is 2.34. The molecule has 1 rings (SSSR count). The Kier molecular flexibility index (Phi) is 4.76. The molecule has 0 heterocycles. The van der Waals surface area contributed by atoms with E-state index in [9.17, 15) is 4.79 Å². The number of benzene rings is 1. The molecular formula is C13H18BrNO3. The van der Waals surface area contributed by atoms with Gasteiger partial charge in [-0.15, -0.1) is 0 Å². The van der Waals surface area contributed by atoms with Crippen LogP contribution in [0.5, 0.6) is 5.75 Å².